The molecule has 2 rings (SSSR count). The third-order valence-electron chi connectivity index (χ3n) is 2.73. The van der Waals surface area contributed by atoms with Gasteiger partial charge in [-0.2, -0.15) is 0 Å². The van der Waals surface area contributed by atoms with Crippen LogP contribution in [0.4, 0.5) is 4.39 Å². The first-order valence-electron chi connectivity index (χ1n) is 4.76. The third kappa shape index (κ3) is 1.35. The molecule has 0 spiro atoms. The van der Waals surface area contributed by atoms with Gasteiger partial charge in [0.25, 0.3) is 0 Å². The fourth-order valence-corrected chi connectivity index (χ4v) is 1.99. The van der Waals surface area contributed by atoms with E-state index in [0.29, 0.717) is 5.56 Å². The lowest BCUT2D eigenvalue weighted by Gasteiger charge is -2.10. The Balaban J connectivity index is 2.52. The lowest BCUT2D eigenvalue weighted by molar-refractivity contribution is 0.580. The van der Waals surface area contributed by atoms with Crippen LogP contribution in [0.2, 0.25) is 0 Å². The summed E-state index contributed by atoms with van der Waals surface area (Å²) in [5, 5.41) is 0. The molecule has 0 amide bonds. The van der Waals surface area contributed by atoms with E-state index >= 15 is 0 Å². The minimum Gasteiger partial charge on any atom is -0.324 e. The molecule has 70 valence electrons. The molecule has 1 unspecified atom stereocenters. The largest absolute Gasteiger partial charge is 0.324 e. The topological polar surface area (TPSA) is 26.0 Å². The van der Waals surface area contributed by atoms with Crippen molar-refractivity contribution in [2.24, 2.45) is 5.73 Å². The molecule has 0 fully saturated rings. The van der Waals surface area contributed by atoms with Gasteiger partial charge in [-0.3, -0.25) is 0 Å². The highest BCUT2D eigenvalue weighted by atomic mass is 19.1. The second-order valence-corrected chi connectivity index (χ2v) is 3.75. The van der Waals surface area contributed by atoms with Crippen LogP contribution in [0.25, 0.3) is 0 Å². The first-order chi connectivity index (χ1) is 6.20. The van der Waals surface area contributed by atoms with Gasteiger partial charge in [-0.15, -0.1) is 0 Å². The number of hydrogen-bond donors (Lipinski definition) is 1. The molecule has 2 heteroatoms. The Morgan fingerprint density at radius 2 is 2.15 bits per heavy atom. The quantitative estimate of drug-likeness (QED) is 0.703. The Labute approximate surface area is 77.8 Å². The van der Waals surface area contributed by atoms with Gasteiger partial charge < -0.3 is 5.73 Å². The molecule has 0 aromatic heterocycles. The second-order valence-electron chi connectivity index (χ2n) is 3.75. The van der Waals surface area contributed by atoms with E-state index in [1.165, 1.54) is 5.56 Å². The number of rotatable bonds is 1. The SMILES string of the molecule is CC(N)c1ccc2c(c1F)CCC2. The predicted molar refractivity (Wildman–Crippen MR) is 51.0 cm³/mol. The fraction of sp³-hybridized carbons (Fsp3) is 0.455. The summed E-state index contributed by atoms with van der Waals surface area (Å²) in [4.78, 5) is 0. The maximum atomic E-state index is 13.7. The van der Waals surface area contributed by atoms with Gasteiger partial charge in [-0.1, -0.05) is 12.1 Å². The van der Waals surface area contributed by atoms with E-state index in [1.807, 2.05) is 19.1 Å². The maximum Gasteiger partial charge on any atom is 0.131 e. The second kappa shape index (κ2) is 3.11. The van der Waals surface area contributed by atoms with Crippen molar-refractivity contribution in [1.29, 1.82) is 0 Å². The molecule has 0 bridgehead atoms. The molecular weight excluding hydrogens is 165 g/mol. The van der Waals surface area contributed by atoms with Gasteiger partial charge in [0, 0.05) is 11.6 Å². The van der Waals surface area contributed by atoms with Crippen molar-refractivity contribution in [2.75, 3.05) is 0 Å². The standard InChI is InChI=1S/C11H14FN/c1-7(13)9-6-5-8-3-2-4-10(8)11(9)12/h5-7H,2-4,13H2,1H3. The van der Waals surface area contributed by atoms with Gasteiger partial charge in [0.1, 0.15) is 5.82 Å². The minimum atomic E-state index is -0.203. The summed E-state index contributed by atoms with van der Waals surface area (Å²) < 4.78 is 13.7. The summed E-state index contributed by atoms with van der Waals surface area (Å²) in [5.41, 5.74) is 8.39. The highest BCUT2D eigenvalue weighted by molar-refractivity contribution is 5.38. The molecule has 1 aromatic rings. The van der Waals surface area contributed by atoms with E-state index < -0.39 is 0 Å². The number of benzene rings is 1. The number of hydrogen-bond acceptors (Lipinski definition) is 1. The van der Waals surface area contributed by atoms with Gasteiger partial charge in [-0.05, 0) is 37.3 Å². The maximum absolute atomic E-state index is 13.7. The first-order valence-corrected chi connectivity index (χ1v) is 4.76. The number of aryl methyl sites for hydroxylation is 1. The van der Waals surface area contributed by atoms with Crippen molar-refractivity contribution in [3.63, 3.8) is 0 Å². The monoisotopic (exact) mass is 179 g/mol. The highest BCUT2D eigenvalue weighted by Crippen LogP contribution is 2.28. The van der Waals surface area contributed by atoms with Crippen LogP contribution in [-0.4, -0.2) is 0 Å². The van der Waals surface area contributed by atoms with Crippen molar-refractivity contribution >= 4 is 0 Å². The summed E-state index contributed by atoms with van der Waals surface area (Å²) in [7, 11) is 0. The Kier molecular flexibility index (Phi) is 2.08. The average molecular weight is 179 g/mol. The molecule has 13 heavy (non-hydrogen) atoms. The number of nitrogens with two attached hydrogens (primary N) is 1. The van der Waals surface area contributed by atoms with Crippen LogP contribution in [0.3, 0.4) is 0 Å². The molecule has 0 heterocycles. The molecule has 1 atom stereocenters. The van der Waals surface area contributed by atoms with E-state index in [1.54, 1.807) is 0 Å². The summed E-state index contributed by atoms with van der Waals surface area (Å²) in [6, 6.07) is 3.64. The molecule has 0 saturated carbocycles. The van der Waals surface area contributed by atoms with Crippen LogP contribution in [0, 0.1) is 5.82 Å². The minimum absolute atomic E-state index is 0.0648. The third-order valence-corrected chi connectivity index (χ3v) is 2.73. The van der Waals surface area contributed by atoms with Crippen molar-refractivity contribution in [3.8, 4) is 0 Å². The fourth-order valence-electron chi connectivity index (χ4n) is 1.99. The molecule has 1 aliphatic carbocycles. The van der Waals surface area contributed by atoms with E-state index in [9.17, 15) is 4.39 Å². The van der Waals surface area contributed by atoms with Crippen LogP contribution in [0.5, 0.6) is 0 Å². The molecule has 2 N–H and O–H groups in total. The van der Waals surface area contributed by atoms with Crippen molar-refractivity contribution in [3.05, 3.63) is 34.6 Å². The van der Waals surface area contributed by atoms with Crippen molar-refractivity contribution in [2.45, 2.75) is 32.2 Å². The zero-order valence-corrected chi connectivity index (χ0v) is 7.81. The molecule has 0 aliphatic heterocycles. The molecule has 0 radical (unpaired) electrons. The first kappa shape index (κ1) is 8.70. The van der Waals surface area contributed by atoms with Crippen molar-refractivity contribution < 1.29 is 4.39 Å². The van der Waals surface area contributed by atoms with Gasteiger partial charge in [0.15, 0.2) is 0 Å². The lowest BCUT2D eigenvalue weighted by Crippen LogP contribution is -2.09. The predicted octanol–water partition coefficient (Wildman–Crippen LogP) is 2.33. The Bertz CT molecular complexity index is 331. The normalized spacial score (nSPS) is 17.2. The molecule has 0 saturated heterocycles. The van der Waals surface area contributed by atoms with Gasteiger partial charge in [0.05, 0.1) is 0 Å². The van der Waals surface area contributed by atoms with E-state index in [2.05, 4.69) is 0 Å². The summed E-state index contributed by atoms with van der Waals surface area (Å²) in [6.45, 7) is 1.82. The van der Waals surface area contributed by atoms with Crippen LogP contribution in [0.1, 0.15) is 36.1 Å². The molecule has 1 aromatic carbocycles. The van der Waals surface area contributed by atoms with Crippen LogP contribution in [0.15, 0.2) is 12.1 Å². The van der Waals surface area contributed by atoms with Gasteiger partial charge >= 0.3 is 0 Å². The molecule has 1 aliphatic rings. The van der Waals surface area contributed by atoms with Gasteiger partial charge in [-0.25, -0.2) is 4.39 Å². The molecular formula is C11H14FN. The Morgan fingerprint density at radius 1 is 1.38 bits per heavy atom. The van der Waals surface area contributed by atoms with Crippen molar-refractivity contribution in [1.82, 2.24) is 0 Å². The Morgan fingerprint density at radius 3 is 2.85 bits per heavy atom. The van der Waals surface area contributed by atoms with E-state index in [4.69, 9.17) is 5.73 Å². The van der Waals surface area contributed by atoms with Crippen LogP contribution in [-0.2, 0) is 12.8 Å². The zero-order chi connectivity index (χ0) is 9.42. The molecule has 1 nitrogen and oxygen atoms in total. The van der Waals surface area contributed by atoms with E-state index in [-0.39, 0.29) is 11.9 Å². The summed E-state index contributed by atoms with van der Waals surface area (Å²) in [5.74, 6) is -0.0648. The highest BCUT2D eigenvalue weighted by Gasteiger charge is 2.18. The summed E-state index contributed by atoms with van der Waals surface area (Å²) >= 11 is 0. The average Bonchev–Trinajstić information content (AvgIpc) is 2.52. The Hall–Kier alpha value is -0.890. The van der Waals surface area contributed by atoms with Gasteiger partial charge in [0.2, 0.25) is 0 Å². The number of halogens is 1. The van der Waals surface area contributed by atoms with E-state index in [0.717, 1.165) is 24.8 Å². The summed E-state index contributed by atoms with van der Waals surface area (Å²) in [6.07, 6.45) is 2.97. The number of fused-ring (bicyclic) bond motifs is 1. The smallest absolute Gasteiger partial charge is 0.131 e. The van der Waals surface area contributed by atoms with Crippen LogP contribution >= 0.6 is 0 Å². The van der Waals surface area contributed by atoms with Crippen LogP contribution < -0.4 is 5.73 Å². The lowest BCUT2D eigenvalue weighted by atomic mass is 10.0. The zero-order valence-electron chi connectivity index (χ0n) is 7.81.